The fraction of sp³-hybridized carbons (Fsp3) is 0.250. The lowest BCUT2D eigenvalue weighted by molar-refractivity contribution is 0.0321. The maximum absolute atomic E-state index is 13.3. The highest BCUT2D eigenvalue weighted by molar-refractivity contribution is 7.20. The van der Waals surface area contributed by atoms with E-state index in [1.54, 1.807) is 26.0 Å². The van der Waals surface area contributed by atoms with E-state index in [2.05, 4.69) is 4.98 Å². The maximum atomic E-state index is 13.3. The van der Waals surface area contributed by atoms with Crippen LogP contribution in [0.2, 0.25) is 0 Å². The molecule has 0 saturated heterocycles. The molecule has 1 aromatic carbocycles. The third-order valence-corrected chi connectivity index (χ3v) is 5.46. The molecule has 0 bridgehead atoms. The van der Waals surface area contributed by atoms with Gasteiger partial charge in [-0.05, 0) is 62.9 Å². The van der Waals surface area contributed by atoms with Gasteiger partial charge in [0.2, 0.25) is 5.78 Å². The van der Waals surface area contributed by atoms with Crippen molar-refractivity contribution < 1.29 is 23.5 Å². The van der Waals surface area contributed by atoms with Crippen molar-refractivity contribution in [1.29, 1.82) is 0 Å². The number of esters is 1. The largest absolute Gasteiger partial charge is 0.450 e. The first-order valence-electron chi connectivity index (χ1n) is 8.33. The number of H-pyrrole nitrogens is 1. The Morgan fingerprint density at radius 1 is 1.19 bits per heavy atom. The molecule has 1 N–H and O–H groups in total. The summed E-state index contributed by atoms with van der Waals surface area (Å²) in [7, 11) is 0. The molecule has 27 heavy (non-hydrogen) atoms. The van der Waals surface area contributed by atoms with Gasteiger partial charge < -0.3 is 9.72 Å². The van der Waals surface area contributed by atoms with E-state index >= 15 is 0 Å². The number of nitrogens with one attached hydrogen (secondary N) is 1. The molecule has 1 atom stereocenters. The van der Waals surface area contributed by atoms with E-state index in [-0.39, 0.29) is 17.3 Å². The number of aryl methyl sites for hydroxylation is 1. The molecule has 0 amide bonds. The number of thiophene rings is 1. The second kappa shape index (κ2) is 7.08. The van der Waals surface area contributed by atoms with Gasteiger partial charge in [0.25, 0.3) is 0 Å². The fourth-order valence-corrected chi connectivity index (χ4v) is 4.04. The smallest absolute Gasteiger partial charge is 0.349 e. The number of ketones is 2. The standard InChI is InChI=1S/C20H18FNO4S/c1-9-17(11(3)23)10(2)22-18(9)19(24)12(4)26-20(25)16-8-13-7-14(21)5-6-15(13)27-16/h5-8,12,22H,1-4H3/t12-/m0/s1. The summed E-state index contributed by atoms with van der Waals surface area (Å²) in [4.78, 5) is 40.0. The second-order valence-corrected chi connectivity index (χ2v) is 7.47. The molecule has 0 unspecified atom stereocenters. The number of carbonyl (C=O) groups is 3. The van der Waals surface area contributed by atoms with Crippen molar-refractivity contribution in [2.24, 2.45) is 0 Å². The van der Waals surface area contributed by atoms with Gasteiger partial charge in [-0.15, -0.1) is 11.3 Å². The number of halogens is 1. The molecule has 0 fully saturated rings. The summed E-state index contributed by atoms with van der Waals surface area (Å²) in [5, 5.41) is 0.605. The number of hydrogen-bond acceptors (Lipinski definition) is 5. The first-order valence-corrected chi connectivity index (χ1v) is 9.15. The zero-order chi connectivity index (χ0) is 19.9. The van der Waals surface area contributed by atoms with Gasteiger partial charge >= 0.3 is 5.97 Å². The van der Waals surface area contributed by atoms with Crippen molar-refractivity contribution in [1.82, 2.24) is 4.98 Å². The van der Waals surface area contributed by atoms with Crippen LogP contribution < -0.4 is 0 Å². The minimum Gasteiger partial charge on any atom is -0.450 e. The fourth-order valence-electron chi connectivity index (χ4n) is 3.11. The number of benzene rings is 1. The Bertz CT molecular complexity index is 1080. The molecule has 0 spiro atoms. The summed E-state index contributed by atoms with van der Waals surface area (Å²) in [6, 6.07) is 5.80. The van der Waals surface area contributed by atoms with Crippen LogP contribution in [0.5, 0.6) is 0 Å². The highest BCUT2D eigenvalue weighted by atomic mass is 32.1. The van der Waals surface area contributed by atoms with Gasteiger partial charge in [0.15, 0.2) is 11.9 Å². The molecule has 3 rings (SSSR count). The van der Waals surface area contributed by atoms with Gasteiger partial charge in [-0.3, -0.25) is 9.59 Å². The third-order valence-electron chi connectivity index (χ3n) is 4.37. The van der Waals surface area contributed by atoms with E-state index in [4.69, 9.17) is 4.74 Å². The minimum atomic E-state index is -1.03. The predicted octanol–water partition coefficient (Wildman–Crippen LogP) is 4.62. The average molecular weight is 387 g/mol. The summed E-state index contributed by atoms with van der Waals surface area (Å²) in [6.45, 7) is 6.32. The van der Waals surface area contributed by atoms with E-state index in [1.807, 2.05) is 0 Å². The Kier molecular flexibility index (Phi) is 4.97. The molecule has 5 nitrogen and oxygen atoms in total. The van der Waals surface area contributed by atoms with Crippen LogP contribution in [0.25, 0.3) is 10.1 Å². The number of fused-ring (bicyclic) bond motifs is 1. The lowest BCUT2D eigenvalue weighted by atomic mass is 10.0. The lowest BCUT2D eigenvalue weighted by Crippen LogP contribution is -2.25. The molecule has 0 aliphatic heterocycles. The Labute approximate surface area is 159 Å². The summed E-state index contributed by atoms with van der Waals surface area (Å²) >= 11 is 1.17. The van der Waals surface area contributed by atoms with Crippen LogP contribution in [0.4, 0.5) is 4.39 Å². The number of aromatic amines is 1. The van der Waals surface area contributed by atoms with Crippen LogP contribution in [0.1, 0.15) is 55.6 Å². The average Bonchev–Trinajstić information content (AvgIpc) is 3.14. The van der Waals surface area contributed by atoms with Crippen molar-refractivity contribution >= 4 is 39.0 Å². The Balaban J connectivity index is 1.80. The van der Waals surface area contributed by atoms with Crippen molar-refractivity contribution in [2.75, 3.05) is 0 Å². The van der Waals surface area contributed by atoms with E-state index in [0.29, 0.717) is 27.1 Å². The molecule has 2 heterocycles. The van der Waals surface area contributed by atoms with Gasteiger partial charge in [0.1, 0.15) is 10.7 Å². The molecular formula is C20H18FNO4S. The highest BCUT2D eigenvalue weighted by Gasteiger charge is 2.26. The number of Topliss-reactive ketones (excluding diaryl/α,β-unsaturated/α-hetero) is 2. The number of hydrogen-bond donors (Lipinski definition) is 1. The monoisotopic (exact) mass is 387 g/mol. The van der Waals surface area contributed by atoms with Crippen molar-refractivity contribution in [2.45, 2.75) is 33.8 Å². The molecule has 7 heteroatoms. The predicted molar refractivity (Wildman–Crippen MR) is 101 cm³/mol. The zero-order valence-electron chi connectivity index (χ0n) is 15.3. The van der Waals surface area contributed by atoms with Crippen LogP contribution in [0.3, 0.4) is 0 Å². The van der Waals surface area contributed by atoms with E-state index in [1.165, 1.54) is 37.3 Å². The van der Waals surface area contributed by atoms with Gasteiger partial charge in [-0.2, -0.15) is 0 Å². The van der Waals surface area contributed by atoms with Gasteiger partial charge in [0, 0.05) is 16.0 Å². The molecular weight excluding hydrogens is 369 g/mol. The summed E-state index contributed by atoms with van der Waals surface area (Å²) in [5.41, 5.74) is 1.89. The van der Waals surface area contributed by atoms with Crippen molar-refractivity contribution in [3.63, 3.8) is 0 Å². The van der Waals surface area contributed by atoms with Gasteiger partial charge in [0.05, 0.1) is 5.69 Å². The Hall–Kier alpha value is -2.80. The third kappa shape index (κ3) is 3.55. The lowest BCUT2D eigenvalue weighted by Gasteiger charge is -2.11. The first-order chi connectivity index (χ1) is 12.7. The molecule has 0 radical (unpaired) electrons. The Morgan fingerprint density at radius 3 is 2.52 bits per heavy atom. The second-order valence-electron chi connectivity index (χ2n) is 6.39. The molecule has 2 aromatic heterocycles. The minimum absolute atomic E-state index is 0.137. The molecule has 0 saturated carbocycles. The highest BCUT2D eigenvalue weighted by Crippen LogP contribution is 2.27. The zero-order valence-corrected chi connectivity index (χ0v) is 16.1. The number of rotatable bonds is 5. The quantitative estimate of drug-likeness (QED) is 0.512. The van der Waals surface area contributed by atoms with Crippen LogP contribution in [-0.4, -0.2) is 28.6 Å². The van der Waals surface area contributed by atoms with Gasteiger partial charge in [-0.1, -0.05) is 0 Å². The van der Waals surface area contributed by atoms with Crippen molar-refractivity contribution in [3.8, 4) is 0 Å². The SMILES string of the molecule is CC(=O)c1c(C)[nH]c(C(=O)[C@H](C)OC(=O)c2cc3cc(F)ccc3s2)c1C. The van der Waals surface area contributed by atoms with Crippen LogP contribution in [0, 0.1) is 19.7 Å². The molecule has 0 aliphatic carbocycles. The Morgan fingerprint density at radius 2 is 1.89 bits per heavy atom. The normalized spacial score (nSPS) is 12.2. The van der Waals surface area contributed by atoms with Crippen LogP contribution >= 0.6 is 11.3 Å². The van der Waals surface area contributed by atoms with E-state index in [0.717, 1.165) is 4.70 Å². The summed E-state index contributed by atoms with van der Waals surface area (Å²) in [5.74, 6) is -1.58. The number of ether oxygens (including phenoxy) is 1. The number of carbonyl (C=O) groups excluding carboxylic acids is 3. The van der Waals surface area contributed by atoms with E-state index < -0.39 is 17.9 Å². The summed E-state index contributed by atoms with van der Waals surface area (Å²) in [6.07, 6.45) is -1.03. The topological polar surface area (TPSA) is 76.2 Å². The van der Waals surface area contributed by atoms with E-state index in [9.17, 15) is 18.8 Å². The van der Waals surface area contributed by atoms with Crippen molar-refractivity contribution in [3.05, 3.63) is 57.5 Å². The van der Waals surface area contributed by atoms with Gasteiger partial charge in [-0.25, -0.2) is 9.18 Å². The number of aromatic nitrogens is 1. The van der Waals surface area contributed by atoms with Crippen LogP contribution in [0.15, 0.2) is 24.3 Å². The molecule has 0 aliphatic rings. The van der Waals surface area contributed by atoms with Crippen LogP contribution in [-0.2, 0) is 4.74 Å². The summed E-state index contributed by atoms with van der Waals surface area (Å²) < 4.78 is 19.4. The molecule has 3 aromatic rings. The maximum Gasteiger partial charge on any atom is 0.349 e. The first kappa shape index (κ1) is 19.0. The molecule has 140 valence electrons.